The molecule has 0 bridgehead atoms. The molecule has 0 fully saturated rings. The Hall–Kier alpha value is -1.88. The highest BCUT2D eigenvalue weighted by atomic mass is 16.2. The lowest BCUT2D eigenvalue weighted by atomic mass is 9.97. The van der Waals surface area contributed by atoms with Crippen molar-refractivity contribution in [2.75, 3.05) is 13.1 Å². The number of benzene rings is 1. The monoisotopic (exact) mass is 333 g/mol. The molecular weight excluding hydrogens is 302 g/mol. The zero-order valence-corrected chi connectivity index (χ0v) is 15.3. The van der Waals surface area contributed by atoms with Gasteiger partial charge in [0.25, 0.3) is 11.8 Å². The SMILES string of the molecule is CCCCC(CN)NC(=O)c1ccc(C(=O)NCC(C)(C)C)cc1. The van der Waals surface area contributed by atoms with Crippen LogP contribution in [0.4, 0.5) is 0 Å². The first kappa shape index (κ1) is 20.2. The molecular formula is C19H31N3O2. The van der Waals surface area contributed by atoms with E-state index in [9.17, 15) is 9.59 Å². The van der Waals surface area contributed by atoms with Gasteiger partial charge in [0.15, 0.2) is 0 Å². The highest BCUT2D eigenvalue weighted by Gasteiger charge is 2.15. The second kappa shape index (κ2) is 9.42. The van der Waals surface area contributed by atoms with Crippen molar-refractivity contribution >= 4 is 11.8 Å². The number of hydrogen-bond donors (Lipinski definition) is 3. The lowest BCUT2D eigenvalue weighted by Crippen LogP contribution is -2.40. The standard InChI is InChI=1S/C19H31N3O2/c1-5-6-7-16(12-20)22-18(24)15-10-8-14(9-11-15)17(23)21-13-19(2,3)4/h8-11,16H,5-7,12-13,20H2,1-4H3,(H,21,23)(H,22,24). The first-order valence-electron chi connectivity index (χ1n) is 8.66. The molecule has 2 amide bonds. The van der Waals surface area contributed by atoms with Crippen LogP contribution in [0.1, 0.15) is 67.7 Å². The van der Waals surface area contributed by atoms with E-state index in [1.165, 1.54) is 0 Å². The molecule has 0 saturated heterocycles. The number of nitrogens with one attached hydrogen (secondary N) is 2. The summed E-state index contributed by atoms with van der Waals surface area (Å²) >= 11 is 0. The molecule has 5 nitrogen and oxygen atoms in total. The summed E-state index contributed by atoms with van der Waals surface area (Å²) in [6.45, 7) is 9.33. The van der Waals surface area contributed by atoms with Gasteiger partial charge in [-0.05, 0) is 36.1 Å². The van der Waals surface area contributed by atoms with E-state index in [0.717, 1.165) is 19.3 Å². The van der Waals surface area contributed by atoms with E-state index in [0.29, 0.717) is 24.2 Å². The lowest BCUT2D eigenvalue weighted by Gasteiger charge is -2.19. The number of unbranched alkanes of at least 4 members (excludes halogenated alkanes) is 1. The maximum absolute atomic E-state index is 12.2. The van der Waals surface area contributed by atoms with Gasteiger partial charge in [-0.2, -0.15) is 0 Å². The van der Waals surface area contributed by atoms with Crippen molar-refractivity contribution < 1.29 is 9.59 Å². The first-order valence-corrected chi connectivity index (χ1v) is 8.66. The molecule has 24 heavy (non-hydrogen) atoms. The van der Waals surface area contributed by atoms with Crippen molar-refractivity contribution in [3.05, 3.63) is 35.4 Å². The van der Waals surface area contributed by atoms with Crippen LogP contribution in [0.2, 0.25) is 0 Å². The van der Waals surface area contributed by atoms with Gasteiger partial charge in [-0.25, -0.2) is 0 Å². The van der Waals surface area contributed by atoms with Crippen LogP contribution in [0, 0.1) is 5.41 Å². The Labute approximate surface area is 145 Å². The summed E-state index contributed by atoms with van der Waals surface area (Å²) in [5.74, 6) is -0.275. The van der Waals surface area contributed by atoms with Gasteiger partial charge in [-0.15, -0.1) is 0 Å². The lowest BCUT2D eigenvalue weighted by molar-refractivity contribution is 0.0925. The van der Waals surface area contributed by atoms with Gasteiger partial charge < -0.3 is 16.4 Å². The predicted octanol–water partition coefficient (Wildman–Crippen LogP) is 2.71. The Morgan fingerprint density at radius 2 is 1.62 bits per heavy atom. The van der Waals surface area contributed by atoms with E-state index in [1.54, 1.807) is 24.3 Å². The molecule has 1 aromatic carbocycles. The van der Waals surface area contributed by atoms with E-state index in [2.05, 4.69) is 38.3 Å². The highest BCUT2D eigenvalue weighted by Crippen LogP contribution is 2.11. The number of rotatable bonds is 8. The average Bonchev–Trinajstić information content (AvgIpc) is 2.55. The average molecular weight is 333 g/mol. The number of amides is 2. The fourth-order valence-electron chi connectivity index (χ4n) is 2.19. The van der Waals surface area contributed by atoms with Gasteiger partial charge in [0.05, 0.1) is 0 Å². The Balaban J connectivity index is 2.62. The van der Waals surface area contributed by atoms with Crippen LogP contribution >= 0.6 is 0 Å². The third-order valence-electron chi connectivity index (χ3n) is 3.71. The Morgan fingerprint density at radius 1 is 1.08 bits per heavy atom. The van der Waals surface area contributed by atoms with Crippen molar-refractivity contribution in [3.8, 4) is 0 Å². The minimum Gasteiger partial charge on any atom is -0.352 e. The number of hydrogen-bond acceptors (Lipinski definition) is 3. The second-order valence-electron chi connectivity index (χ2n) is 7.37. The summed E-state index contributed by atoms with van der Waals surface area (Å²) in [5.41, 5.74) is 6.83. The molecule has 0 heterocycles. The third-order valence-corrected chi connectivity index (χ3v) is 3.71. The molecule has 0 aromatic heterocycles. The van der Waals surface area contributed by atoms with Gasteiger partial charge >= 0.3 is 0 Å². The van der Waals surface area contributed by atoms with E-state index in [1.807, 2.05) is 0 Å². The van der Waals surface area contributed by atoms with E-state index in [-0.39, 0.29) is 23.3 Å². The fraction of sp³-hybridized carbons (Fsp3) is 0.579. The zero-order valence-electron chi connectivity index (χ0n) is 15.3. The summed E-state index contributed by atoms with van der Waals surface area (Å²) < 4.78 is 0. The van der Waals surface area contributed by atoms with Crippen molar-refractivity contribution in [2.24, 2.45) is 11.1 Å². The van der Waals surface area contributed by atoms with E-state index in [4.69, 9.17) is 5.73 Å². The molecule has 1 aromatic rings. The quantitative estimate of drug-likeness (QED) is 0.684. The van der Waals surface area contributed by atoms with Crippen molar-refractivity contribution in [1.29, 1.82) is 0 Å². The van der Waals surface area contributed by atoms with E-state index >= 15 is 0 Å². The fourth-order valence-corrected chi connectivity index (χ4v) is 2.19. The van der Waals surface area contributed by atoms with Crippen LogP contribution in [0.5, 0.6) is 0 Å². The molecule has 1 rings (SSSR count). The molecule has 0 spiro atoms. The Kier molecular flexibility index (Phi) is 7.92. The maximum Gasteiger partial charge on any atom is 0.251 e. The number of carbonyl (C=O) groups excluding carboxylic acids is 2. The molecule has 0 radical (unpaired) electrons. The van der Waals surface area contributed by atoms with Crippen LogP contribution in [0.15, 0.2) is 24.3 Å². The van der Waals surface area contributed by atoms with Crippen molar-refractivity contribution in [3.63, 3.8) is 0 Å². The molecule has 5 heteroatoms. The molecule has 0 aliphatic heterocycles. The van der Waals surface area contributed by atoms with Crippen LogP contribution < -0.4 is 16.4 Å². The zero-order chi connectivity index (χ0) is 18.2. The Bertz CT molecular complexity index is 533. The van der Waals surface area contributed by atoms with Gasteiger partial charge in [-0.3, -0.25) is 9.59 Å². The van der Waals surface area contributed by atoms with Crippen molar-refractivity contribution in [1.82, 2.24) is 10.6 Å². The van der Waals surface area contributed by atoms with Gasteiger partial charge in [-0.1, -0.05) is 40.5 Å². The van der Waals surface area contributed by atoms with Crippen LogP contribution in [0.3, 0.4) is 0 Å². The molecule has 0 saturated carbocycles. The maximum atomic E-state index is 12.2. The first-order chi connectivity index (χ1) is 11.3. The number of carbonyl (C=O) groups is 2. The van der Waals surface area contributed by atoms with Crippen LogP contribution in [-0.2, 0) is 0 Å². The Morgan fingerprint density at radius 3 is 2.08 bits per heavy atom. The second-order valence-corrected chi connectivity index (χ2v) is 7.37. The molecule has 4 N–H and O–H groups in total. The summed E-state index contributed by atoms with van der Waals surface area (Å²) in [5, 5.41) is 5.84. The third kappa shape index (κ3) is 7.13. The predicted molar refractivity (Wildman–Crippen MR) is 98.1 cm³/mol. The molecule has 134 valence electrons. The summed E-state index contributed by atoms with van der Waals surface area (Å²) in [6.07, 6.45) is 2.99. The normalized spacial score (nSPS) is 12.5. The minimum atomic E-state index is -0.150. The van der Waals surface area contributed by atoms with Gasteiger partial charge in [0.2, 0.25) is 0 Å². The van der Waals surface area contributed by atoms with Crippen LogP contribution in [0.25, 0.3) is 0 Å². The van der Waals surface area contributed by atoms with Gasteiger partial charge in [0, 0.05) is 30.3 Å². The summed E-state index contributed by atoms with van der Waals surface area (Å²) in [6, 6.07) is 6.70. The highest BCUT2D eigenvalue weighted by molar-refractivity contribution is 5.97. The molecule has 0 aliphatic rings. The minimum absolute atomic E-state index is 0.00721. The molecule has 1 unspecified atom stereocenters. The smallest absolute Gasteiger partial charge is 0.251 e. The van der Waals surface area contributed by atoms with E-state index < -0.39 is 0 Å². The summed E-state index contributed by atoms with van der Waals surface area (Å²) in [4.78, 5) is 24.3. The molecule has 1 atom stereocenters. The molecule has 0 aliphatic carbocycles. The number of nitrogens with two attached hydrogens (primary N) is 1. The summed E-state index contributed by atoms with van der Waals surface area (Å²) in [7, 11) is 0. The largest absolute Gasteiger partial charge is 0.352 e. The van der Waals surface area contributed by atoms with Gasteiger partial charge in [0.1, 0.15) is 0 Å². The van der Waals surface area contributed by atoms with Crippen LogP contribution in [-0.4, -0.2) is 30.9 Å². The van der Waals surface area contributed by atoms with Crippen molar-refractivity contribution in [2.45, 2.75) is 53.0 Å². The topological polar surface area (TPSA) is 84.2 Å².